The van der Waals surface area contributed by atoms with Crippen LogP contribution in [0.4, 0.5) is 4.79 Å². The molecular formula is C19H14IN3O5. The number of carbonyl (C=O) groups excluding carboxylic acids is 2. The summed E-state index contributed by atoms with van der Waals surface area (Å²) < 4.78 is 6.47. The average Bonchev–Trinajstić information content (AvgIpc) is 2.65. The summed E-state index contributed by atoms with van der Waals surface area (Å²) in [4.78, 5) is 33.3. The first-order valence-corrected chi connectivity index (χ1v) is 8.85. The fourth-order valence-electron chi connectivity index (χ4n) is 2.12. The van der Waals surface area contributed by atoms with Gasteiger partial charge in [-0.15, -0.1) is 0 Å². The standard InChI is InChI=1S/C19H14IN3O5/c20-15-8-12(7-14(9-21)17(24)23-19(22)27)3-6-16(15)28-10-11-1-4-13(5-2-11)18(25)26/h1-8H,10H2,(H,25,26)(H3,22,23,24,27)/b14-7-. The van der Waals surface area contributed by atoms with Crippen LogP contribution < -0.4 is 15.8 Å². The SMILES string of the molecule is N#C/C(=C/c1ccc(OCc2ccc(C(=O)O)cc2)c(I)c1)C(=O)NC(N)=O. The molecule has 3 amide bonds. The molecule has 0 aromatic heterocycles. The van der Waals surface area contributed by atoms with Crippen molar-refractivity contribution in [3.05, 3.63) is 68.3 Å². The molecule has 0 aliphatic heterocycles. The molecule has 0 atom stereocenters. The molecule has 2 rings (SSSR count). The van der Waals surface area contributed by atoms with Crippen molar-refractivity contribution in [3.63, 3.8) is 0 Å². The largest absolute Gasteiger partial charge is 0.488 e. The number of imide groups is 1. The van der Waals surface area contributed by atoms with Gasteiger partial charge in [0.2, 0.25) is 0 Å². The van der Waals surface area contributed by atoms with Crippen LogP contribution in [0.3, 0.4) is 0 Å². The van der Waals surface area contributed by atoms with Gasteiger partial charge in [-0.05, 0) is 64.1 Å². The number of urea groups is 1. The zero-order valence-corrected chi connectivity index (χ0v) is 16.5. The molecule has 0 saturated heterocycles. The number of benzene rings is 2. The van der Waals surface area contributed by atoms with Crippen LogP contribution in [0.5, 0.6) is 5.75 Å². The van der Waals surface area contributed by atoms with E-state index in [1.807, 2.05) is 27.9 Å². The fourth-order valence-corrected chi connectivity index (χ4v) is 2.82. The average molecular weight is 491 g/mol. The van der Waals surface area contributed by atoms with Gasteiger partial charge in [-0.3, -0.25) is 10.1 Å². The first kappa shape index (κ1) is 20.9. The Kier molecular flexibility index (Phi) is 7.11. The molecule has 0 spiro atoms. The molecule has 2 aromatic carbocycles. The van der Waals surface area contributed by atoms with Gasteiger partial charge < -0.3 is 15.6 Å². The Labute approximate surface area is 173 Å². The number of aromatic carboxylic acids is 1. The van der Waals surface area contributed by atoms with Gasteiger partial charge in [-0.2, -0.15) is 5.26 Å². The van der Waals surface area contributed by atoms with E-state index in [4.69, 9.17) is 20.8 Å². The zero-order valence-electron chi connectivity index (χ0n) is 14.3. The number of nitrogens with one attached hydrogen (secondary N) is 1. The number of nitrogens with zero attached hydrogens (tertiary/aromatic N) is 1. The highest BCUT2D eigenvalue weighted by molar-refractivity contribution is 14.1. The summed E-state index contributed by atoms with van der Waals surface area (Å²) >= 11 is 2.05. The second kappa shape index (κ2) is 9.52. The van der Waals surface area contributed by atoms with E-state index in [0.717, 1.165) is 9.13 Å². The van der Waals surface area contributed by atoms with Crippen LogP contribution >= 0.6 is 22.6 Å². The molecule has 0 aliphatic rings. The number of hydrogen-bond acceptors (Lipinski definition) is 5. The molecular weight excluding hydrogens is 477 g/mol. The van der Waals surface area contributed by atoms with Crippen LogP contribution in [0.15, 0.2) is 48.0 Å². The predicted octanol–water partition coefficient (Wildman–Crippen LogP) is 2.67. The van der Waals surface area contributed by atoms with Crippen molar-refractivity contribution in [2.75, 3.05) is 0 Å². The number of nitriles is 1. The van der Waals surface area contributed by atoms with Crippen molar-refractivity contribution in [2.24, 2.45) is 5.73 Å². The number of rotatable bonds is 6. The smallest absolute Gasteiger partial charge is 0.335 e. The summed E-state index contributed by atoms with van der Waals surface area (Å²) in [6, 6.07) is 12.1. The summed E-state index contributed by atoms with van der Waals surface area (Å²) in [6.45, 7) is 0.246. The van der Waals surface area contributed by atoms with Crippen molar-refractivity contribution < 1.29 is 24.2 Å². The molecule has 2 aromatic rings. The Morgan fingerprint density at radius 3 is 2.43 bits per heavy atom. The normalized spacial score (nSPS) is 10.6. The van der Waals surface area contributed by atoms with Crippen LogP contribution in [0.1, 0.15) is 21.5 Å². The van der Waals surface area contributed by atoms with Crippen LogP contribution in [0, 0.1) is 14.9 Å². The minimum Gasteiger partial charge on any atom is -0.488 e. The Morgan fingerprint density at radius 1 is 1.21 bits per heavy atom. The Hall–Kier alpha value is -3.39. The van der Waals surface area contributed by atoms with Gasteiger partial charge in [-0.25, -0.2) is 9.59 Å². The molecule has 8 nitrogen and oxygen atoms in total. The maximum absolute atomic E-state index is 11.7. The summed E-state index contributed by atoms with van der Waals surface area (Å²) in [7, 11) is 0. The Bertz CT molecular complexity index is 994. The lowest BCUT2D eigenvalue weighted by Gasteiger charge is -2.09. The molecule has 0 unspecified atom stereocenters. The molecule has 0 heterocycles. The van der Waals surface area contributed by atoms with Gasteiger partial charge in [0.1, 0.15) is 24.0 Å². The van der Waals surface area contributed by atoms with Gasteiger partial charge in [-0.1, -0.05) is 18.2 Å². The molecule has 28 heavy (non-hydrogen) atoms. The molecule has 0 radical (unpaired) electrons. The van der Waals surface area contributed by atoms with E-state index in [-0.39, 0.29) is 17.7 Å². The molecule has 0 bridgehead atoms. The quantitative estimate of drug-likeness (QED) is 0.322. The Balaban J connectivity index is 2.10. The lowest BCUT2D eigenvalue weighted by molar-refractivity contribution is -0.115. The number of halogens is 1. The lowest BCUT2D eigenvalue weighted by Crippen LogP contribution is -2.35. The van der Waals surface area contributed by atoms with Gasteiger partial charge in [0.15, 0.2) is 0 Å². The topological polar surface area (TPSA) is 143 Å². The van der Waals surface area contributed by atoms with E-state index < -0.39 is 17.9 Å². The third kappa shape index (κ3) is 5.82. The number of carbonyl (C=O) groups is 3. The summed E-state index contributed by atoms with van der Waals surface area (Å²) in [5.74, 6) is -1.29. The summed E-state index contributed by atoms with van der Waals surface area (Å²) in [5, 5.41) is 19.8. The number of primary amides is 1. The number of hydrogen-bond donors (Lipinski definition) is 3. The predicted molar refractivity (Wildman–Crippen MR) is 108 cm³/mol. The van der Waals surface area contributed by atoms with E-state index in [0.29, 0.717) is 11.3 Å². The third-order valence-corrected chi connectivity index (χ3v) is 4.31. The molecule has 0 fully saturated rings. The number of carboxylic acids is 1. The third-order valence-electron chi connectivity index (χ3n) is 3.46. The van der Waals surface area contributed by atoms with E-state index in [1.54, 1.807) is 36.4 Å². The minimum absolute atomic E-state index is 0.197. The fraction of sp³-hybridized carbons (Fsp3) is 0.0526. The number of amides is 3. The van der Waals surface area contributed by atoms with Crippen molar-refractivity contribution in [3.8, 4) is 11.8 Å². The molecule has 142 valence electrons. The second-order valence-electron chi connectivity index (χ2n) is 5.47. The van der Waals surface area contributed by atoms with E-state index in [2.05, 4.69) is 0 Å². The van der Waals surface area contributed by atoms with Crippen LogP contribution in [0.25, 0.3) is 6.08 Å². The van der Waals surface area contributed by atoms with Crippen molar-refractivity contribution in [1.82, 2.24) is 5.32 Å². The van der Waals surface area contributed by atoms with Gasteiger partial charge in [0.05, 0.1) is 9.13 Å². The van der Waals surface area contributed by atoms with E-state index in [9.17, 15) is 14.4 Å². The highest BCUT2D eigenvalue weighted by atomic mass is 127. The molecule has 0 saturated carbocycles. The zero-order chi connectivity index (χ0) is 20.7. The minimum atomic E-state index is -1.04. The first-order chi connectivity index (χ1) is 13.3. The summed E-state index contributed by atoms with van der Waals surface area (Å²) in [5.41, 5.74) is 6.18. The maximum Gasteiger partial charge on any atom is 0.335 e. The van der Waals surface area contributed by atoms with Gasteiger partial charge in [0, 0.05) is 0 Å². The highest BCUT2D eigenvalue weighted by Crippen LogP contribution is 2.24. The van der Waals surface area contributed by atoms with Crippen molar-refractivity contribution >= 4 is 46.6 Å². The van der Waals surface area contributed by atoms with Gasteiger partial charge >= 0.3 is 12.0 Å². The van der Waals surface area contributed by atoms with Crippen LogP contribution in [0.2, 0.25) is 0 Å². The lowest BCUT2D eigenvalue weighted by atomic mass is 10.1. The molecule has 4 N–H and O–H groups in total. The molecule has 0 aliphatic carbocycles. The number of nitrogens with two attached hydrogens (primary N) is 1. The summed E-state index contributed by atoms with van der Waals surface area (Å²) in [6.07, 6.45) is 1.33. The first-order valence-electron chi connectivity index (χ1n) is 7.77. The highest BCUT2D eigenvalue weighted by Gasteiger charge is 2.11. The monoisotopic (exact) mass is 491 g/mol. The van der Waals surface area contributed by atoms with Gasteiger partial charge in [0.25, 0.3) is 5.91 Å². The maximum atomic E-state index is 11.7. The van der Waals surface area contributed by atoms with Crippen molar-refractivity contribution in [2.45, 2.75) is 6.61 Å². The van der Waals surface area contributed by atoms with Crippen LogP contribution in [-0.4, -0.2) is 23.0 Å². The number of carboxylic acid groups (broad SMARTS) is 1. The molecule has 9 heteroatoms. The van der Waals surface area contributed by atoms with E-state index in [1.165, 1.54) is 18.2 Å². The number of ether oxygens (including phenoxy) is 1. The van der Waals surface area contributed by atoms with Crippen LogP contribution in [-0.2, 0) is 11.4 Å². The Morgan fingerprint density at radius 2 is 1.89 bits per heavy atom. The van der Waals surface area contributed by atoms with Crippen molar-refractivity contribution in [1.29, 1.82) is 5.26 Å². The van der Waals surface area contributed by atoms with E-state index >= 15 is 0 Å². The second-order valence-corrected chi connectivity index (χ2v) is 6.63.